The molecule has 0 saturated heterocycles. The van der Waals surface area contributed by atoms with Crippen LogP contribution in [0.4, 0.5) is 20.4 Å². The molecule has 6 heteroatoms. The van der Waals surface area contributed by atoms with Crippen molar-refractivity contribution < 1.29 is 8.78 Å². The van der Waals surface area contributed by atoms with E-state index in [-0.39, 0.29) is 17.7 Å². The number of nitrogens with one attached hydrogen (secondary N) is 2. The molecule has 2 aromatic heterocycles. The summed E-state index contributed by atoms with van der Waals surface area (Å²) in [6.07, 6.45) is 4.18. The van der Waals surface area contributed by atoms with Gasteiger partial charge in [0.25, 0.3) is 0 Å². The van der Waals surface area contributed by atoms with Gasteiger partial charge in [-0.1, -0.05) is 13.0 Å². The molecule has 4 nitrogen and oxygen atoms in total. The van der Waals surface area contributed by atoms with Gasteiger partial charge in [0.15, 0.2) is 23.3 Å². The second-order valence-corrected chi connectivity index (χ2v) is 4.73. The van der Waals surface area contributed by atoms with E-state index in [1.54, 1.807) is 18.5 Å². The van der Waals surface area contributed by atoms with Crippen molar-refractivity contribution in [2.45, 2.75) is 26.3 Å². The second kappa shape index (κ2) is 6.97. The Balaban J connectivity index is 2.19. The van der Waals surface area contributed by atoms with Crippen molar-refractivity contribution in [2.24, 2.45) is 0 Å². The molecule has 2 N–H and O–H groups in total. The predicted molar refractivity (Wildman–Crippen MR) is 79.2 cm³/mol. The monoisotopic (exact) mass is 292 g/mol. The lowest BCUT2D eigenvalue weighted by Crippen LogP contribution is -2.12. The number of nitrogens with zero attached hydrogens (tertiary/aromatic N) is 2. The highest BCUT2D eigenvalue weighted by Crippen LogP contribution is 2.23. The molecule has 0 radical (unpaired) electrons. The summed E-state index contributed by atoms with van der Waals surface area (Å²) in [5, 5.41) is 5.78. The molecule has 0 bridgehead atoms. The van der Waals surface area contributed by atoms with Gasteiger partial charge in [0.2, 0.25) is 0 Å². The molecule has 0 fully saturated rings. The lowest BCUT2D eigenvalue weighted by molar-refractivity contribution is 0.576. The van der Waals surface area contributed by atoms with Crippen LogP contribution in [0.3, 0.4) is 0 Å². The Labute approximate surface area is 122 Å². The highest BCUT2D eigenvalue weighted by molar-refractivity contribution is 5.48. The molecule has 0 aromatic carbocycles. The van der Waals surface area contributed by atoms with Crippen molar-refractivity contribution in [3.05, 3.63) is 47.8 Å². The molecule has 2 aromatic rings. The van der Waals surface area contributed by atoms with Crippen LogP contribution in [0.5, 0.6) is 0 Å². The maximum atomic E-state index is 13.8. The van der Waals surface area contributed by atoms with E-state index >= 15 is 0 Å². The summed E-state index contributed by atoms with van der Waals surface area (Å²) in [4.78, 5) is 8.00. The Morgan fingerprint density at radius 2 is 2.00 bits per heavy atom. The van der Waals surface area contributed by atoms with Crippen LogP contribution in [0.15, 0.2) is 30.6 Å². The van der Waals surface area contributed by atoms with Crippen LogP contribution < -0.4 is 10.6 Å². The highest BCUT2D eigenvalue weighted by atomic mass is 19.1. The van der Waals surface area contributed by atoms with Crippen molar-refractivity contribution >= 4 is 11.6 Å². The van der Waals surface area contributed by atoms with E-state index in [1.807, 2.05) is 19.9 Å². The van der Waals surface area contributed by atoms with Gasteiger partial charge in [-0.05, 0) is 25.0 Å². The summed E-state index contributed by atoms with van der Waals surface area (Å²) in [5.74, 6) is -1.34. The fourth-order valence-corrected chi connectivity index (χ4v) is 1.86. The number of hydrogen-bond donors (Lipinski definition) is 2. The average molecular weight is 292 g/mol. The number of aromatic nitrogens is 2. The molecule has 21 heavy (non-hydrogen) atoms. The lowest BCUT2D eigenvalue weighted by atomic mass is 10.1. The first-order valence-corrected chi connectivity index (χ1v) is 6.88. The zero-order valence-electron chi connectivity index (χ0n) is 12.0. The van der Waals surface area contributed by atoms with E-state index in [0.717, 1.165) is 18.1 Å². The van der Waals surface area contributed by atoms with E-state index in [2.05, 4.69) is 20.6 Å². The number of pyridine rings is 2. The Kier molecular flexibility index (Phi) is 5.03. The fraction of sp³-hybridized carbons (Fsp3) is 0.333. The predicted octanol–water partition coefficient (Wildman–Crippen LogP) is 3.75. The zero-order valence-corrected chi connectivity index (χ0v) is 12.0. The van der Waals surface area contributed by atoms with Gasteiger partial charge in [0.05, 0.1) is 6.04 Å². The number of anilines is 2. The Hall–Kier alpha value is -2.24. The quantitative estimate of drug-likeness (QED) is 0.851. The smallest absolute Gasteiger partial charge is 0.168 e. The van der Waals surface area contributed by atoms with E-state index in [4.69, 9.17) is 0 Å². The highest BCUT2D eigenvalue weighted by Gasteiger charge is 2.14. The van der Waals surface area contributed by atoms with E-state index in [0.29, 0.717) is 6.54 Å². The first kappa shape index (κ1) is 15.2. The first-order chi connectivity index (χ1) is 10.1. The standard InChI is InChI=1S/C15H18F2N4/c1-3-6-19-14-12(16)8-13(17)15(21-14)20-10(2)11-5-4-7-18-9-11/h4-5,7-10H,3,6H2,1-2H3,(H2,19,20,21). The van der Waals surface area contributed by atoms with Crippen LogP contribution in [0.1, 0.15) is 31.9 Å². The van der Waals surface area contributed by atoms with E-state index < -0.39 is 11.6 Å². The summed E-state index contributed by atoms with van der Waals surface area (Å²) in [6, 6.07) is 4.33. The van der Waals surface area contributed by atoms with Gasteiger partial charge in [0, 0.05) is 25.0 Å². The minimum atomic E-state index is -0.717. The van der Waals surface area contributed by atoms with Crippen LogP contribution in [0, 0.1) is 11.6 Å². The van der Waals surface area contributed by atoms with Crippen LogP contribution in [0.2, 0.25) is 0 Å². The number of halogens is 2. The van der Waals surface area contributed by atoms with E-state index in [1.165, 1.54) is 0 Å². The topological polar surface area (TPSA) is 49.8 Å². The van der Waals surface area contributed by atoms with Gasteiger partial charge in [-0.15, -0.1) is 0 Å². The minimum Gasteiger partial charge on any atom is -0.368 e. The van der Waals surface area contributed by atoms with Crippen molar-refractivity contribution in [1.29, 1.82) is 0 Å². The summed E-state index contributed by atoms with van der Waals surface area (Å²) >= 11 is 0. The van der Waals surface area contributed by atoms with Crippen molar-refractivity contribution in [2.75, 3.05) is 17.2 Å². The normalized spacial score (nSPS) is 12.0. The maximum Gasteiger partial charge on any atom is 0.168 e. The molecular weight excluding hydrogens is 274 g/mol. The SMILES string of the molecule is CCCNc1nc(NC(C)c2cccnc2)c(F)cc1F. The molecule has 112 valence electrons. The Morgan fingerprint density at radius 1 is 1.24 bits per heavy atom. The Morgan fingerprint density at radius 3 is 2.67 bits per heavy atom. The third-order valence-corrected chi connectivity index (χ3v) is 3.01. The van der Waals surface area contributed by atoms with E-state index in [9.17, 15) is 8.78 Å². The van der Waals surface area contributed by atoms with Crippen molar-refractivity contribution in [1.82, 2.24) is 9.97 Å². The molecular formula is C15H18F2N4. The van der Waals surface area contributed by atoms with Gasteiger partial charge < -0.3 is 10.6 Å². The first-order valence-electron chi connectivity index (χ1n) is 6.88. The largest absolute Gasteiger partial charge is 0.368 e. The molecule has 2 heterocycles. The van der Waals surface area contributed by atoms with Crippen molar-refractivity contribution in [3.8, 4) is 0 Å². The summed E-state index contributed by atoms with van der Waals surface area (Å²) < 4.78 is 27.4. The van der Waals surface area contributed by atoms with Crippen LogP contribution in [-0.2, 0) is 0 Å². The van der Waals surface area contributed by atoms with Gasteiger partial charge >= 0.3 is 0 Å². The molecule has 0 aliphatic carbocycles. The van der Waals surface area contributed by atoms with Crippen LogP contribution in [0.25, 0.3) is 0 Å². The number of rotatable bonds is 6. The lowest BCUT2D eigenvalue weighted by Gasteiger charge is -2.16. The molecule has 2 rings (SSSR count). The molecule has 0 spiro atoms. The molecule has 0 aliphatic rings. The molecule has 0 saturated carbocycles. The van der Waals surface area contributed by atoms with Crippen molar-refractivity contribution in [3.63, 3.8) is 0 Å². The van der Waals surface area contributed by atoms with Gasteiger partial charge in [-0.2, -0.15) is 0 Å². The third kappa shape index (κ3) is 3.87. The molecule has 1 atom stereocenters. The number of hydrogen-bond acceptors (Lipinski definition) is 4. The van der Waals surface area contributed by atoms with Crippen LogP contribution >= 0.6 is 0 Å². The van der Waals surface area contributed by atoms with Gasteiger partial charge in [0.1, 0.15) is 0 Å². The summed E-state index contributed by atoms with van der Waals surface area (Å²) in [7, 11) is 0. The second-order valence-electron chi connectivity index (χ2n) is 4.73. The minimum absolute atomic E-state index is 0.0198. The summed E-state index contributed by atoms with van der Waals surface area (Å²) in [6.45, 7) is 4.39. The fourth-order valence-electron chi connectivity index (χ4n) is 1.86. The van der Waals surface area contributed by atoms with Crippen LogP contribution in [-0.4, -0.2) is 16.5 Å². The van der Waals surface area contributed by atoms with Gasteiger partial charge in [-0.3, -0.25) is 4.98 Å². The Bertz CT molecular complexity index is 590. The molecule has 0 aliphatic heterocycles. The maximum absolute atomic E-state index is 13.8. The average Bonchev–Trinajstić information content (AvgIpc) is 2.49. The summed E-state index contributed by atoms with van der Waals surface area (Å²) in [5.41, 5.74) is 0.895. The third-order valence-electron chi connectivity index (χ3n) is 3.01. The van der Waals surface area contributed by atoms with Gasteiger partial charge in [-0.25, -0.2) is 13.8 Å². The molecule has 1 unspecified atom stereocenters. The molecule has 0 amide bonds. The zero-order chi connectivity index (χ0) is 15.2.